The van der Waals surface area contributed by atoms with E-state index in [1.165, 1.54) is 12.1 Å². The molecule has 1 aliphatic heterocycles. The molecule has 0 saturated carbocycles. The van der Waals surface area contributed by atoms with E-state index >= 15 is 0 Å². The molecule has 4 rings (SSSR count). The van der Waals surface area contributed by atoms with Crippen LogP contribution in [0.1, 0.15) is 35.2 Å². The molecule has 1 saturated heterocycles. The van der Waals surface area contributed by atoms with Crippen molar-refractivity contribution >= 4 is 23.3 Å². The Kier molecular flexibility index (Phi) is 7.24. The normalized spacial score (nSPS) is 14.3. The zero-order chi connectivity index (χ0) is 23.2. The lowest BCUT2D eigenvalue weighted by Crippen LogP contribution is -2.33. The van der Waals surface area contributed by atoms with Crippen LogP contribution in [0, 0.1) is 17.6 Å². The fourth-order valence-electron chi connectivity index (χ4n) is 4.25. The van der Waals surface area contributed by atoms with E-state index in [1.807, 2.05) is 12.1 Å². The SMILES string of the molecule is O=Cc1cn(Nc2ccc(N3CCC(CCO)CC3)cc2)cc1NCc1cc(F)cc(F)c1. The lowest BCUT2D eigenvalue weighted by atomic mass is 9.93. The number of carbonyl (C=O) groups excluding carboxylic acids is 1. The number of aliphatic hydroxyl groups is 1. The number of aromatic nitrogens is 1. The van der Waals surface area contributed by atoms with Crippen LogP contribution >= 0.6 is 0 Å². The van der Waals surface area contributed by atoms with E-state index in [0.29, 0.717) is 22.7 Å². The summed E-state index contributed by atoms with van der Waals surface area (Å²) in [7, 11) is 0. The van der Waals surface area contributed by atoms with Crippen LogP contribution in [0.5, 0.6) is 0 Å². The molecule has 3 N–H and O–H groups in total. The lowest BCUT2D eigenvalue weighted by molar-refractivity contribution is 0.112. The maximum atomic E-state index is 13.4. The van der Waals surface area contributed by atoms with E-state index in [9.17, 15) is 13.6 Å². The van der Waals surface area contributed by atoms with Crippen molar-refractivity contribution in [1.29, 1.82) is 0 Å². The van der Waals surface area contributed by atoms with Gasteiger partial charge in [0.2, 0.25) is 0 Å². The minimum Gasteiger partial charge on any atom is -0.396 e. The van der Waals surface area contributed by atoms with Crippen LogP contribution in [0.3, 0.4) is 0 Å². The van der Waals surface area contributed by atoms with Gasteiger partial charge in [-0.05, 0) is 67.1 Å². The number of rotatable bonds is 9. The Bertz CT molecular complexity index is 1060. The standard InChI is InChI=1S/C25H28F2N4O2/c26-21-11-19(12-22(27)13-21)14-28-25-16-31(15-20(25)17-33)29-23-1-3-24(4-2-23)30-8-5-18(6-9-30)7-10-32/h1-4,11-13,15-18,28-29,32H,5-10,14H2. The summed E-state index contributed by atoms with van der Waals surface area (Å²) in [5, 5.41) is 12.2. The highest BCUT2D eigenvalue weighted by Crippen LogP contribution is 2.26. The molecule has 1 aromatic heterocycles. The van der Waals surface area contributed by atoms with Crippen molar-refractivity contribution in [2.24, 2.45) is 5.92 Å². The van der Waals surface area contributed by atoms with E-state index in [2.05, 4.69) is 27.8 Å². The summed E-state index contributed by atoms with van der Waals surface area (Å²) < 4.78 is 28.5. The number of nitrogens with zero attached hydrogens (tertiary/aromatic N) is 2. The maximum absolute atomic E-state index is 13.4. The van der Waals surface area contributed by atoms with Gasteiger partial charge in [-0.1, -0.05) is 0 Å². The first kappa shape index (κ1) is 22.8. The van der Waals surface area contributed by atoms with Gasteiger partial charge in [-0.3, -0.25) is 14.9 Å². The summed E-state index contributed by atoms with van der Waals surface area (Å²) in [6, 6.07) is 11.4. The van der Waals surface area contributed by atoms with Crippen LogP contribution in [-0.2, 0) is 6.54 Å². The minimum absolute atomic E-state index is 0.184. The second kappa shape index (κ2) is 10.5. The summed E-state index contributed by atoms with van der Waals surface area (Å²) in [4.78, 5) is 13.8. The monoisotopic (exact) mass is 454 g/mol. The molecule has 3 aromatic rings. The van der Waals surface area contributed by atoms with Gasteiger partial charge < -0.3 is 15.3 Å². The van der Waals surface area contributed by atoms with Crippen LogP contribution < -0.4 is 15.6 Å². The molecule has 2 aromatic carbocycles. The maximum Gasteiger partial charge on any atom is 0.153 e. The Morgan fingerprint density at radius 3 is 2.36 bits per heavy atom. The Labute approximate surface area is 191 Å². The topological polar surface area (TPSA) is 69.5 Å². The zero-order valence-corrected chi connectivity index (χ0v) is 18.3. The van der Waals surface area contributed by atoms with Crippen molar-refractivity contribution in [1.82, 2.24) is 4.68 Å². The number of halogens is 2. The fraction of sp³-hybridized carbons (Fsp3) is 0.320. The third kappa shape index (κ3) is 5.90. The van der Waals surface area contributed by atoms with Gasteiger partial charge in [0.15, 0.2) is 6.29 Å². The van der Waals surface area contributed by atoms with Crippen molar-refractivity contribution in [2.45, 2.75) is 25.8 Å². The molecule has 6 nitrogen and oxygen atoms in total. The summed E-state index contributed by atoms with van der Waals surface area (Å²) in [6.45, 7) is 2.42. The summed E-state index contributed by atoms with van der Waals surface area (Å²) in [6.07, 6.45) is 7.18. The van der Waals surface area contributed by atoms with Crippen LogP contribution in [0.2, 0.25) is 0 Å². The number of piperidine rings is 1. The van der Waals surface area contributed by atoms with E-state index in [0.717, 1.165) is 56.1 Å². The number of aldehydes is 1. The highest BCUT2D eigenvalue weighted by molar-refractivity contribution is 5.84. The Balaban J connectivity index is 1.37. The number of hydrogen-bond acceptors (Lipinski definition) is 5. The molecule has 0 unspecified atom stereocenters. The van der Waals surface area contributed by atoms with E-state index in [4.69, 9.17) is 5.11 Å². The third-order valence-electron chi connectivity index (χ3n) is 6.03. The van der Waals surface area contributed by atoms with Crippen molar-refractivity contribution in [3.05, 3.63) is 77.6 Å². The van der Waals surface area contributed by atoms with Gasteiger partial charge in [0.1, 0.15) is 11.6 Å². The zero-order valence-electron chi connectivity index (χ0n) is 18.3. The number of carbonyl (C=O) groups is 1. The Morgan fingerprint density at radius 1 is 1.03 bits per heavy atom. The molecule has 2 heterocycles. The second-order valence-electron chi connectivity index (χ2n) is 8.38. The molecular weight excluding hydrogens is 426 g/mol. The summed E-state index contributed by atoms with van der Waals surface area (Å²) >= 11 is 0. The third-order valence-corrected chi connectivity index (χ3v) is 6.03. The first-order valence-corrected chi connectivity index (χ1v) is 11.1. The highest BCUT2D eigenvalue weighted by Gasteiger charge is 2.19. The van der Waals surface area contributed by atoms with E-state index in [1.54, 1.807) is 17.1 Å². The van der Waals surface area contributed by atoms with Gasteiger partial charge in [0.05, 0.1) is 23.1 Å². The molecule has 0 spiro atoms. The number of nitrogens with one attached hydrogen (secondary N) is 2. The molecule has 0 aliphatic carbocycles. The number of benzene rings is 2. The second-order valence-corrected chi connectivity index (χ2v) is 8.38. The van der Waals surface area contributed by atoms with Crippen LogP contribution in [0.4, 0.5) is 25.8 Å². The average molecular weight is 455 g/mol. The lowest BCUT2D eigenvalue weighted by Gasteiger charge is -2.33. The first-order chi connectivity index (χ1) is 16.0. The van der Waals surface area contributed by atoms with Gasteiger partial charge in [0.25, 0.3) is 0 Å². The number of aliphatic hydroxyl groups excluding tert-OH is 1. The van der Waals surface area contributed by atoms with Crippen LogP contribution in [0.25, 0.3) is 0 Å². The molecular formula is C25H28F2N4O2. The quantitative estimate of drug-likeness (QED) is 0.410. The summed E-state index contributed by atoms with van der Waals surface area (Å²) in [5.41, 5.74) is 6.68. The molecule has 0 radical (unpaired) electrons. The van der Waals surface area contributed by atoms with Gasteiger partial charge in [-0.15, -0.1) is 0 Å². The Morgan fingerprint density at radius 2 is 1.73 bits per heavy atom. The number of anilines is 3. The predicted molar refractivity (Wildman–Crippen MR) is 126 cm³/mol. The highest BCUT2D eigenvalue weighted by atomic mass is 19.1. The van der Waals surface area contributed by atoms with Gasteiger partial charge >= 0.3 is 0 Å². The first-order valence-electron chi connectivity index (χ1n) is 11.1. The van der Waals surface area contributed by atoms with Crippen molar-refractivity contribution in [3.63, 3.8) is 0 Å². The van der Waals surface area contributed by atoms with Crippen LogP contribution in [-0.4, -0.2) is 35.8 Å². The average Bonchev–Trinajstić information content (AvgIpc) is 3.20. The van der Waals surface area contributed by atoms with Crippen molar-refractivity contribution in [3.8, 4) is 0 Å². The molecule has 8 heteroatoms. The summed E-state index contributed by atoms with van der Waals surface area (Å²) in [5.74, 6) is -0.671. The van der Waals surface area contributed by atoms with E-state index in [-0.39, 0.29) is 13.2 Å². The largest absolute Gasteiger partial charge is 0.396 e. The van der Waals surface area contributed by atoms with E-state index < -0.39 is 11.6 Å². The molecule has 174 valence electrons. The van der Waals surface area contributed by atoms with Gasteiger partial charge in [-0.25, -0.2) is 8.78 Å². The predicted octanol–water partition coefficient (Wildman–Crippen LogP) is 4.66. The molecule has 33 heavy (non-hydrogen) atoms. The molecule has 0 atom stereocenters. The molecule has 0 bridgehead atoms. The minimum atomic E-state index is -0.639. The fourth-order valence-corrected chi connectivity index (χ4v) is 4.25. The van der Waals surface area contributed by atoms with Crippen molar-refractivity contribution < 1.29 is 18.7 Å². The van der Waals surface area contributed by atoms with Gasteiger partial charge in [-0.2, -0.15) is 0 Å². The Hall–Kier alpha value is -3.39. The van der Waals surface area contributed by atoms with Crippen molar-refractivity contribution in [2.75, 3.05) is 35.3 Å². The molecule has 1 fully saturated rings. The molecule has 1 aliphatic rings. The smallest absolute Gasteiger partial charge is 0.153 e. The van der Waals surface area contributed by atoms with Gasteiger partial charge in [0, 0.05) is 44.2 Å². The van der Waals surface area contributed by atoms with Crippen LogP contribution in [0.15, 0.2) is 54.9 Å². The number of hydrogen-bond donors (Lipinski definition) is 3. The molecule has 0 amide bonds.